The minimum Gasteiger partial charge on any atom is -0.435 e. The lowest BCUT2D eigenvalue weighted by atomic mass is 10.2. The number of carbonyl (C=O) groups is 1. The van der Waals surface area contributed by atoms with E-state index in [1.165, 1.54) is 48.6 Å². The molecule has 24 heavy (non-hydrogen) atoms. The lowest BCUT2D eigenvalue weighted by Gasteiger charge is -2.05. The summed E-state index contributed by atoms with van der Waals surface area (Å²) in [6.07, 6.45) is 2.75. The molecule has 122 valence electrons. The Bertz CT molecular complexity index is 799. The third kappa shape index (κ3) is 5.07. The Hall–Kier alpha value is -2.91. The molecule has 0 aromatic heterocycles. The molecule has 0 aliphatic rings. The number of benzene rings is 2. The van der Waals surface area contributed by atoms with E-state index in [4.69, 9.17) is 16.9 Å². The van der Waals surface area contributed by atoms with E-state index >= 15 is 0 Å². The number of nitrogens with one attached hydrogen (secondary N) is 1. The van der Waals surface area contributed by atoms with Gasteiger partial charge in [0.15, 0.2) is 0 Å². The van der Waals surface area contributed by atoms with Crippen molar-refractivity contribution in [3.8, 4) is 11.8 Å². The molecule has 0 aliphatic heterocycles. The van der Waals surface area contributed by atoms with E-state index in [9.17, 15) is 13.6 Å². The molecule has 0 spiro atoms. The highest BCUT2D eigenvalue weighted by atomic mass is 35.5. The number of ether oxygens (including phenoxy) is 1. The molecule has 0 aliphatic carbocycles. The van der Waals surface area contributed by atoms with Crippen molar-refractivity contribution in [3.05, 3.63) is 64.7 Å². The number of nitriles is 1. The minimum absolute atomic E-state index is 0.0317. The largest absolute Gasteiger partial charge is 0.435 e. The quantitative estimate of drug-likeness (QED) is 0.811. The first-order valence-corrected chi connectivity index (χ1v) is 7.09. The van der Waals surface area contributed by atoms with Crippen LogP contribution in [0.1, 0.15) is 11.1 Å². The summed E-state index contributed by atoms with van der Waals surface area (Å²) in [6.45, 7) is -2.89. The van der Waals surface area contributed by atoms with Crippen LogP contribution in [0.15, 0.2) is 48.5 Å². The standard InChI is InChI=1S/C17H11ClF2N2O2/c18-13-5-4-12(10-21)15(9-13)22-16(23)8-3-11-1-6-14(7-2-11)24-17(19)20/h1-9,17H,(H,22,23)/b8-3+. The topological polar surface area (TPSA) is 62.1 Å². The second kappa shape index (κ2) is 8.09. The molecule has 2 aromatic rings. The zero-order valence-corrected chi connectivity index (χ0v) is 12.9. The van der Waals surface area contributed by atoms with Gasteiger partial charge in [0, 0.05) is 11.1 Å². The second-order valence-electron chi connectivity index (χ2n) is 4.57. The first-order chi connectivity index (χ1) is 11.5. The van der Waals surface area contributed by atoms with Crippen LogP contribution in [-0.2, 0) is 4.79 Å². The molecule has 0 fully saturated rings. The predicted octanol–water partition coefficient (Wildman–Crippen LogP) is 4.46. The van der Waals surface area contributed by atoms with Crippen molar-refractivity contribution in [3.63, 3.8) is 0 Å². The van der Waals surface area contributed by atoms with Crippen LogP contribution in [0.25, 0.3) is 6.08 Å². The summed E-state index contributed by atoms with van der Waals surface area (Å²) in [4.78, 5) is 11.9. The fourth-order valence-corrected chi connectivity index (χ4v) is 2.00. The van der Waals surface area contributed by atoms with Crippen molar-refractivity contribution in [2.45, 2.75) is 6.61 Å². The van der Waals surface area contributed by atoms with Crippen LogP contribution in [0.5, 0.6) is 5.75 Å². The fourth-order valence-electron chi connectivity index (χ4n) is 1.82. The summed E-state index contributed by atoms with van der Waals surface area (Å²) in [5, 5.41) is 11.9. The molecule has 7 heteroatoms. The van der Waals surface area contributed by atoms with Gasteiger partial charge in [-0.1, -0.05) is 23.7 Å². The van der Waals surface area contributed by atoms with Gasteiger partial charge in [0.2, 0.25) is 5.91 Å². The van der Waals surface area contributed by atoms with Crippen LogP contribution >= 0.6 is 11.6 Å². The number of halogens is 3. The number of hydrogen-bond donors (Lipinski definition) is 1. The van der Waals surface area contributed by atoms with E-state index in [1.54, 1.807) is 6.07 Å². The highest BCUT2D eigenvalue weighted by Crippen LogP contribution is 2.20. The Labute approximate surface area is 141 Å². The molecule has 0 bridgehead atoms. The van der Waals surface area contributed by atoms with Gasteiger partial charge in [-0.15, -0.1) is 0 Å². The van der Waals surface area contributed by atoms with Crippen LogP contribution in [0.3, 0.4) is 0 Å². The van der Waals surface area contributed by atoms with Gasteiger partial charge in [-0.05, 0) is 42.0 Å². The van der Waals surface area contributed by atoms with Crippen molar-refractivity contribution in [2.24, 2.45) is 0 Å². The van der Waals surface area contributed by atoms with Gasteiger partial charge < -0.3 is 10.1 Å². The highest BCUT2D eigenvalue weighted by molar-refractivity contribution is 6.31. The monoisotopic (exact) mass is 348 g/mol. The van der Waals surface area contributed by atoms with Crippen molar-refractivity contribution in [1.29, 1.82) is 5.26 Å². The molecule has 2 rings (SSSR count). The Morgan fingerprint density at radius 1 is 1.25 bits per heavy atom. The molecular formula is C17H11ClF2N2O2. The van der Waals surface area contributed by atoms with E-state index in [2.05, 4.69) is 10.1 Å². The predicted molar refractivity (Wildman–Crippen MR) is 86.9 cm³/mol. The van der Waals surface area contributed by atoms with Gasteiger partial charge in [0.05, 0.1) is 11.3 Å². The Morgan fingerprint density at radius 2 is 1.96 bits per heavy atom. The average Bonchev–Trinajstić information content (AvgIpc) is 2.54. The summed E-state index contributed by atoms with van der Waals surface area (Å²) >= 11 is 5.84. The maximum absolute atomic E-state index is 12.1. The lowest BCUT2D eigenvalue weighted by molar-refractivity contribution is -0.111. The molecular weight excluding hydrogens is 338 g/mol. The molecule has 0 unspecified atom stereocenters. The Kier molecular flexibility index (Phi) is 5.88. The summed E-state index contributed by atoms with van der Waals surface area (Å²) in [5.74, 6) is -0.425. The summed E-state index contributed by atoms with van der Waals surface area (Å²) in [5.41, 5.74) is 1.22. The maximum Gasteiger partial charge on any atom is 0.387 e. The highest BCUT2D eigenvalue weighted by Gasteiger charge is 2.06. The molecule has 0 saturated carbocycles. The van der Waals surface area contributed by atoms with E-state index in [0.717, 1.165) is 0 Å². The van der Waals surface area contributed by atoms with E-state index in [1.807, 2.05) is 6.07 Å². The average molecular weight is 349 g/mol. The number of anilines is 1. The summed E-state index contributed by atoms with van der Waals surface area (Å²) in [7, 11) is 0. The second-order valence-corrected chi connectivity index (χ2v) is 5.01. The molecule has 0 radical (unpaired) electrons. The first-order valence-electron chi connectivity index (χ1n) is 6.71. The van der Waals surface area contributed by atoms with E-state index in [0.29, 0.717) is 16.3 Å². The number of carbonyl (C=O) groups excluding carboxylic acids is 1. The van der Waals surface area contributed by atoms with Crippen LogP contribution in [-0.4, -0.2) is 12.5 Å². The zero-order valence-electron chi connectivity index (χ0n) is 12.2. The normalized spacial score (nSPS) is 10.6. The van der Waals surface area contributed by atoms with Gasteiger partial charge >= 0.3 is 6.61 Å². The van der Waals surface area contributed by atoms with Crippen LogP contribution in [0.2, 0.25) is 5.02 Å². The number of alkyl halides is 2. The molecule has 2 aromatic carbocycles. The van der Waals surface area contributed by atoms with Gasteiger partial charge in [0.25, 0.3) is 0 Å². The third-order valence-corrected chi connectivity index (χ3v) is 3.13. The Balaban J connectivity index is 2.03. The van der Waals surface area contributed by atoms with Crippen molar-refractivity contribution >= 4 is 29.3 Å². The number of nitrogens with zero attached hydrogens (tertiary/aromatic N) is 1. The third-order valence-electron chi connectivity index (χ3n) is 2.89. The zero-order chi connectivity index (χ0) is 17.5. The molecule has 0 saturated heterocycles. The van der Waals surface area contributed by atoms with E-state index < -0.39 is 12.5 Å². The van der Waals surface area contributed by atoms with Crippen molar-refractivity contribution in [1.82, 2.24) is 0 Å². The van der Waals surface area contributed by atoms with Gasteiger partial charge in [0.1, 0.15) is 11.8 Å². The molecule has 0 heterocycles. The summed E-state index contributed by atoms with van der Waals surface area (Å²) < 4.78 is 28.3. The number of amides is 1. The molecule has 0 atom stereocenters. The van der Waals surface area contributed by atoms with Crippen LogP contribution < -0.4 is 10.1 Å². The Morgan fingerprint density at radius 3 is 2.58 bits per heavy atom. The number of rotatable bonds is 5. The SMILES string of the molecule is N#Cc1ccc(Cl)cc1NC(=O)/C=C/c1ccc(OC(F)F)cc1. The van der Waals surface area contributed by atoms with Crippen molar-refractivity contribution in [2.75, 3.05) is 5.32 Å². The molecule has 1 amide bonds. The summed E-state index contributed by atoms with van der Waals surface area (Å²) in [6, 6.07) is 12.3. The first kappa shape index (κ1) is 17.4. The van der Waals surface area contributed by atoms with Gasteiger partial charge in [-0.2, -0.15) is 14.0 Å². The van der Waals surface area contributed by atoms with Crippen LogP contribution in [0.4, 0.5) is 14.5 Å². The fraction of sp³-hybridized carbons (Fsp3) is 0.0588. The smallest absolute Gasteiger partial charge is 0.387 e. The molecule has 1 N–H and O–H groups in total. The minimum atomic E-state index is -2.89. The van der Waals surface area contributed by atoms with Crippen molar-refractivity contribution < 1.29 is 18.3 Å². The maximum atomic E-state index is 12.1. The van der Waals surface area contributed by atoms with E-state index in [-0.39, 0.29) is 11.3 Å². The molecule has 4 nitrogen and oxygen atoms in total. The van der Waals surface area contributed by atoms with Gasteiger partial charge in [-0.25, -0.2) is 0 Å². The van der Waals surface area contributed by atoms with Gasteiger partial charge in [-0.3, -0.25) is 4.79 Å². The van der Waals surface area contributed by atoms with Crippen LogP contribution in [0, 0.1) is 11.3 Å². The lowest BCUT2D eigenvalue weighted by Crippen LogP contribution is -2.09. The number of hydrogen-bond acceptors (Lipinski definition) is 3.